The Bertz CT molecular complexity index is 1010. The lowest BCUT2D eigenvalue weighted by molar-refractivity contribution is -0.122. The molecule has 0 saturated carbocycles. The van der Waals surface area contributed by atoms with Crippen LogP contribution in [0.15, 0.2) is 36.4 Å². The molecular weight excluding hydrogens is 396 g/mol. The third-order valence-corrected chi connectivity index (χ3v) is 5.66. The van der Waals surface area contributed by atoms with Crippen molar-refractivity contribution in [1.82, 2.24) is 0 Å². The molecule has 1 N–H and O–H groups in total. The predicted octanol–water partition coefficient (Wildman–Crippen LogP) is 3.76. The van der Waals surface area contributed by atoms with Crippen LogP contribution in [-0.4, -0.2) is 38.7 Å². The van der Waals surface area contributed by atoms with Gasteiger partial charge in [-0.1, -0.05) is 26.8 Å². The summed E-state index contributed by atoms with van der Waals surface area (Å²) in [5, 5.41) is 2.97. The van der Waals surface area contributed by atoms with E-state index >= 15 is 0 Å². The van der Waals surface area contributed by atoms with E-state index in [-0.39, 0.29) is 23.7 Å². The number of hydrogen-bond acceptors (Lipinski definition) is 5. The quantitative estimate of drug-likeness (QED) is 0.809. The van der Waals surface area contributed by atoms with Crippen LogP contribution in [0.3, 0.4) is 0 Å². The van der Waals surface area contributed by atoms with Gasteiger partial charge in [0.05, 0.1) is 18.7 Å². The van der Waals surface area contributed by atoms with Gasteiger partial charge in [-0.15, -0.1) is 0 Å². The molecule has 0 radical (unpaired) electrons. The van der Waals surface area contributed by atoms with Gasteiger partial charge in [0.25, 0.3) is 0 Å². The first-order valence-corrected chi connectivity index (χ1v) is 10.5. The van der Waals surface area contributed by atoms with E-state index in [9.17, 15) is 9.59 Å². The number of ether oxygens (including phenoxy) is 3. The maximum absolute atomic E-state index is 13.0. The van der Waals surface area contributed by atoms with Crippen LogP contribution in [0.4, 0.5) is 11.4 Å². The number of benzene rings is 2. The zero-order valence-corrected chi connectivity index (χ0v) is 18.4. The predicted molar refractivity (Wildman–Crippen MR) is 118 cm³/mol. The number of rotatable bonds is 4. The van der Waals surface area contributed by atoms with Crippen molar-refractivity contribution in [2.75, 3.05) is 37.1 Å². The Hall–Kier alpha value is -3.22. The van der Waals surface area contributed by atoms with Crippen LogP contribution in [0.5, 0.6) is 17.2 Å². The first kappa shape index (κ1) is 21.0. The Morgan fingerprint density at radius 1 is 1.10 bits per heavy atom. The standard InChI is InChI=1S/C24H28N2O5/c1-24(2,3)16-5-7-19(29-4)18(12-16)25-23(28)15-11-22(27)26(14-15)17-6-8-20-21(13-17)31-10-9-30-20/h5-8,12-13,15H,9-11,14H2,1-4H3,(H,25,28). The van der Waals surface area contributed by atoms with Crippen LogP contribution in [0.1, 0.15) is 32.8 Å². The van der Waals surface area contributed by atoms with Crippen LogP contribution in [0, 0.1) is 5.92 Å². The van der Waals surface area contributed by atoms with E-state index in [1.807, 2.05) is 24.3 Å². The summed E-state index contributed by atoms with van der Waals surface area (Å²) in [7, 11) is 1.57. The molecule has 0 aliphatic carbocycles. The Balaban J connectivity index is 1.50. The van der Waals surface area contributed by atoms with Crippen molar-refractivity contribution in [2.45, 2.75) is 32.6 Å². The number of carbonyl (C=O) groups excluding carboxylic acids is 2. The third kappa shape index (κ3) is 4.31. The zero-order valence-electron chi connectivity index (χ0n) is 18.4. The highest BCUT2D eigenvalue weighted by molar-refractivity contribution is 6.04. The number of methoxy groups -OCH3 is 1. The summed E-state index contributed by atoms with van der Waals surface area (Å²) in [6.07, 6.45) is 0.154. The molecule has 7 nitrogen and oxygen atoms in total. The molecule has 1 atom stereocenters. The van der Waals surface area contributed by atoms with E-state index in [0.29, 0.717) is 48.4 Å². The normalized spacial score (nSPS) is 18.1. The van der Waals surface area contributed by atoms with E-state index in [1.165, 1.54) is 0 Å². The average Bonchev–Trinajstić information content (AvgIpc) is 3.14. The number of amides is 2. The summed E-state index contributed by atoms with van der Waals surface area (Å²) in [6.45, 7) is 7.64. The van der Waals surface area contributed by atoms with Crippen LogP contribution < -0.4 is 24.4 Å². The maximum Gasteiger partial charge on any atom is 0.229 e. The lowest BCUT2D eigenvalue weighted by Gasteiger charge is -2.22. The lowest BCUT2D eigenvalue weighted by atomic mass is 9.86. The van der Waals surface area contributed by atoms with Crippen LogP contribution in [0.25, 0.3) is 0 Å². The minimum Gasteiger partial charge on any atom is -0.495 e. The second kappa shape index (κ2) is 8.13. The van der Waals surface area contributed by atoms with E-state index in [4.69, 9.17) is 14.2 Å². The fraction of sp³-hybridized carbons (Fsp3) is 0.417. The number of nitrogens with one attached hydrogen (secondary N) is 1. The van der Waals surface area contributed by atoms with Gasteiger partial charge < -0.3 is 24.4 Å². The molecule has 2 aromatic rings. The van der Waals surface area contributed by atoms with Crippen molar-refractivity contribution < 1.29 is 23.8 Å². The van der Waals surface area contributed by atoms with Gasteiger partial charge in [-0.2, -0.15) is 0 Å². The van der Waals surface area contributed by atoms with Crippen molar-refractivity contribution in [2.24, 2.45) is 5.92 Å². The van der Waals surface area contributed by atoms with Gasteiger partial charge in [-0.05, 0) is 35.2 Å². The minimum atomic E-state index is -0.455. The van der Waals surface area contributed by atoms with Gasteiger partial charge in [0.2, 0.25) is 11.8 Å². The number of hydrogen-bond donors (Lipinski definition) is 1. The SMILES string of the molecule is COc1ccc(C(C)(C)C)cc1NC(=O)C1CC(=O)N(c2ccc3c(c2)OCCO3)C1. The number of fused-ring (bicyclic) bond motifs is 1. The van der Waals surface area contributed by atoms with Crippen LogP contribution >= 0.6 is 0 Å². The fourth-order valence-electron chi connectivity index (χ4n) is 3.84. The lowest BCUT2D eigenvalue weighted by Crippen LogP contribution is -2.28. The Kier molecular flexibility index (Phi) is 5.52. The molecule has 1 saturated heterocycles. The van der Waals surface area contributed by atoms with Gasteiger partial charge in [0.1, 0.15) is 19.0 Å². The summed E-state index contributed by atoms with van der Waals surface area (Å²) in [5.74, 6) is 1.14. The van der Waals surface area contributed by atoms with Crippen LogP contribution in [0.2, 0.25) is 0 Å². The fourth-order valence-corrected chi connectivity index (χ4v) is 3.84. The van der Waals surface area contributed by atoms with Crippen molar-refractivity contribution in [3.63, 3.8) is 0 Å². The molecule has 2 heterocycles. The second-order valence-electron chi connectivity index (χ2n) is 8.89. The first-order chi connectivity index (χ1) is 14.8. The third-order valence-electron chi connectivity index (χ3n) is 5.66. The molecule has 2 aliphatic heterocycles. The molecule has 2 amide bonds. The van der Waals surface area contributed by atoms with Gasteiger partial charge >= 0.3 is 0 Å². The van der Waals surface area contributed by atoms with E-state index in [0.717, 1.165) is 5.56 Å². The van der Waals surface area contributed by atoms with E-state index in [2.05, 4.69) is 26.1 Å². The van der Waals surface area contributed by atoms with Crippen molar-refractivity contribution in [3.8, 4) is 17.2 Å². The number of anilines is 2. The molecule has 4 rings (SSSR count). The van der Waals surface area contributed by atoms with Crippen molar-refractivity contribution in [3.05, 3.63) is 42.0 Å². The van der Waals surface area contributed by atoms with Gasteiger partial charge in [0, 0.05) is 24.7 Å². The molecule has 1 unspecified atom stereocenters. The van der Waals surface area contributed by atoms with Gasteiger partial charge in [-0.3, -0.25) is 9.59 Å². The highest BCUT2D eigenvalue weighted by Gasteiger charge is 2.36. The molecule has 1 fully saturated rings. The topological polar surface area (TPSA) is 77.1 Å². The minimum absolute atomic E-state index is 0.0654. The summed E-state index contributed by atoms with van der Waals surface area (Å²) in [4.78, 5) is 27.3. The average molecular weight is 424 g/mol. The van der Waals surface area contributed by atoms with Gasteiger partial charge in [-0.25, -0.2) is 0 Å². The van der Waals surface area contributed by atoms with Crippen LogP contribution in [-0.2, 0) is 15.0 Å². The first-order valence-electron chi connectivity index (χ1n) is 10.5. The largest absolute Gasteiger partial charge is 0.495 e. The number of carbonyl (C=O) groups is 2. The van der Waals surface area contributed by atoms with Gasteiger partial charge in [0.15, 0.2) is 11.5 Å². The number of nitrogens with zero attached hydrogens (tertiary/aromatic N) is 1. The molecule has 0 bridgehead atoms. The zero-order chi connectivity index (χ0) is 22.2. The summed E-state index contributed by atoms with van der Waals surface area (Å²) >= 11 is 0. The summed E-state index contributed by atoms with van der Waals surface area (Å²) < 4.78 is 16.6. The molecule has 0 aromatic heterocycles. The Morgan fingerprint density at radius 3 is 2.55 bits per heavy atom. The molecule has 31 heavy (non-hydrogen) atoms. The highest BCUT2D eigenvalue weighted by Crippen LogP contribution is 2.37. The summed E-state index contributed by atoms with van der Waals surface area (Å²) in [6, 6.07) is 11.2. The highest BCUT2D eigenvalue weighted by atomic mass is 16.6. The molecule has 2 aliphatic rings. The van der Waals surface area contributed by atoms with Crippen molar-refractivity contribution >= 4 is 23.2 Å². The Labute approximate surface area is 182 Å². The second-order valence-corrected chi connectivity index (χ2v) is 8.89. The molecular formula is C24H28N2O5. The molecule has 0 spiro atoms. The maximum atomic E-state index is 13.0. The van der Waals surface area contributed by atoms with E-state index < -0.39 is 5.92 Å². The summed E-state index contributed by atoms with van der Waals surface area (Å²) in [5.41, 5.74) is 2.34. The smallest absolute Gasteiger partial charge is 0.229 e. The molecule has 7 heteroatoms. The molecule has 164 valence electrons. The monoisotopic (exact) mass is 424 g/mol. The van der Waals surface area contributed by atoms with E-state index in [1.54, 1.807) is 24.1 Å². The van der Waals surface area contributed by atoms with Crippen molar-refractivity contribution in [1.29, 1.82) is 0 Å². The Morgan fingerprint density at radius 2 is 1.84 bits per heavy atom. The molecule has 2 aromatic carbocycles.